The van der Waals surface area contributed by atoms with Crippen molar-refractivity contribution < 1.29 is 4.74 Å². The van der Waals surface area contributed by atoms with Crippen molar-refractivity contribution in [3.8, 4) is 5.75 Å². The van der Waals surface area contributed by atoms with Crippen molar-refractivity contribution in [3.05, 3.63) is 29.8 Å². The minimum absolute atomic E-state index is 0.404. The first-order valence-corrected chi connectivity index (χ1v) is 6.83. The zero-order valence-corrected chi connectivity index (χ0v) is 11.6. The van der Waals surface area contributed by atoms with Gasteiger partial charge in [-0.1, -0.05) is 26.0 Å². The molecular weight excluding hydrogens is 224 g/mol. The van der Waals surface area contributed by atoms with Crippen LogP contribution >= 0.6 is 0 Å². The fraction of sp³-hybridized carbons (Fsp3) is 0.600. The van der Waals surface area contributed by atoms with E-state index in [4.69, 9.17) is 16.2 Å². The van der Waals surface area contributed by atoms with Gasteiger partial charge in [-0.3, -0.25) is 0 Å². The number of hydrogen-bond acceptors (Lipinski definition) is 3. The molecule has 4 N–H and O–H groups in total. The van der Waals surface area contributed by atoms with Gasteiger partial charge in [0.15, 0.2) is 0 Å². The average molecular weight is 250 g/mol. The second-order valence-corrected chi connectivity index (χ2v) is 4.91. The van der Waals surface area contributed by atoms with Crippen LogP contribution in [0.15, 0.2) is 24.3 Å². The van der Waals surface area contributed by atoms with E-state index in [2.05, 4.69) is 26.0 Å². The molecule has 3 nitrogen and oxygen atoms in total. The molecule has 0 saturated heterocycles. The van der Waals surface area contributed by atoms with E-state index < -0.39 is 0 Å². The molecule has 0 aliphatic carbocycles. The first kappa shape index (κ1) is 15.0. The lowest BCUT2D eigenvalue weighted by atomic mass is 9.88. The summed E-state index contributed by atoms with van der Waals surface area (Å²) in [6.45, 7) is 6.42. The monoisotopic (exact) mass is 250 g/mol. The SMILES string of the molecule is CCCOc1ccc(CC(C)C(CN)CN)cc1. The van der Waals surface area contributed by atoms with Gasteiger partial charge in [0.1, 0.15) is 5.75 Å². The number of hydrogen-bond donors (Lipinski definition) is 2. The first-order chi connectivity index (χ1) is 8.71. The Hall–Kier alpha value is -1.06. The summed E-state index contributed by atoms with van der Waals surface area (Å²) < 4.78 is 5.56. The Kier molecular flexibility index (Phi) is 6.76. The third-order valence-electron chi connectivity index (χ3n) is 3.36. The quantitative estimate of drug-likeness (QED) is 0.743. The normalized spacial score (nSPS) is 12.7. The van der Waals surface area contributed by atoms with Crippen LogP contribution in [0.2, 0.25) is 0 Å². The third kappa shape index (κ3) is 4.67. The molecule has 0 heterocycles. The summed E-state index contributed by atoms with van der Waals surface area (Å²) >= 11 is 0. The van der Waals surface area contributed by atoms with E-state index in [0.29, 0.717) is 24.9 Å². The Morgan fingerprint density at radius 1 is 1.11 bits per heavy atom. The highest BCUT2D eigenvalue weighted by Crippen LogP contribution is 2.19. The Morgan fingerprint density at radius 3 is 2.22 bits per heavy atom. The minimum Gasteiger partial charge on any atom is -0.494 e. The number of ether oxygens (including phenoxy) is 1. The molecule has 0 spiro atoms. The van der Waals surface area contributed by atoms with Crippen LogP contribution in [0.1, 0.15) is 25.8 Å². The largest absolute Gasteiger partial charge is 0.494 e. The molecule has 0 fully saturated rings. The summed E-state index contributed by atoms with van der Waals surface area (Å²) in [6.07, 6.45) is 2.06. The first-order valence-electron chi connectivity index (χ1n) is 6.83. The molecule has 102 valence electrons. The molecule has 0 radical (unpaired) electrons. The Bertz CT molecular complexity index is 320. The van der Waals surface area contributed by atoms with Crippen molar-refractivity contribution >= 4 is 0 Å². The lowest BCUT2D eigenvalue weighted by molar-refractivity contribution is 0.317. The maximum atomic E-state index is 5.72. The lowest BCUT2D eigenvalue weighted by Gasteiger charge is -2.20. The van der Waals surface area contributed by atoms with Crippen LogP contribution in [-0.4, -0.2) is 19.7 Å². The van der Waals surface area contributed by atoms with Gasteiger partial charge in [0, 0.05) is 0 Å². The standard InChI is InChI=1S/C15H26N2O/c1-3-8-18-15-6-4-13(5-7-15)9-12(2)14(10-16)11-17/h4-7,12,14H,3,8-11,16-17H2,1-2H3. The summed E-state index contributed by atoms with van der Waals surface area (Å²) in [5, 5.41) is 0. The third-order valence-corrected chi connectivity index (χ3v) is 3.36. The number of nitrogens with two attached hydrogens (primary N) is 2. The summed E-state index contributed by atoms with van der Waals surface area (Å²) in [5.41, 5.74) is 12.8. The second-order valence-electron chi connectivity index (χ2n) is 4.91. The molecule has 0 aliphatic heterocycles. The van der Waals surface area contributed by atoms with Gasteiger partial charge < -0.3 is 16.2 Å². The van der Waals surface area contributed by atoms with Gasteiger partial charge in [-0.15, -0.1) is 0 Å². The van der Waals surface area contributed by atoms with Crippen LogP contribution in [0.5, 0.6) is 5.75 Å². The van der Waals surface area contributed by atoms with Crippen molar-refractivity contribution in [2.45, 2.75) is 26.7 Å². The second kappa shape index (κ2) is 8.11. The minimum atomic E-state index is 0.404. The van der Waals surface area contributed by atoms with Crippen molar-refractivity contribution in [1.82, 2.24) is 0 Å². The molecule has 0 saturated carbocycles. The van der Waals surface area contributed by atoms with Crippen LogP contribution in [0.4, 0.5) is 0 Å². The van der Waals surface area contributed by atoms with Gasteiger partial charge >= 0.3 is 0 Å². The van der Waals surface area contributed by atoms with E-state index in [1.807, 2.05) is 12.1 Å². The molecule has 3 heteroatoms. The van der Waals surface area contributed by atoms with Crippen LogP contribution in [0, 0.1) is 11.8 Å². The summed E-state index contributed by atoms with van der Waals surface area (Å²) in [6, 6.07) is 8.34. The lowest BCUT2D eigenvalue weighted by Crippen LogP contribution is -2.30. The highest BCUT2D eigenvalue weighted by molar-refractivity contribution is 5.27. The Morgan fingerprint density at radius 2 is 1.72 bits per heavy atom. The van der Waals surface area contributed by atoms with Crippen LogP contribution < -0.4 is 16.2 Å². The predicted octanol–water partition coefficient (Wildman–Crippen LogP) is 2.19. The van der Waals surface area contributed by atoms with Crippen molar-refractivity contribution in [1.29, 1.82) is 0 Å². The molecule has 1 unspecified atom stereocenters. The summed E-state index contributed by atoms with van der Waals surface area (Å²) in [4.78, 5) is 0. The van der Waals surface area contributed by atoms with Gasteiger partial charge in [-0.25, -0.2) is 0 Å². The van der Waals surface area contributed by atoms with Gasteiger partial charge in [-0.2, -0.15) is 0 Å². The van der Waals surface area contributed by atoms with Gasteiger partial charge in [0.05, 0.1) is 6.61 Å². The molecule has 1 aromatic rings. The maximum Gasteiger partial charge on any atom is 0.119 e. The Balaban J connectivity index is 2.52. The molecule has 0 amide bonds. The van der Waals surface area contributed by atoms with Crippen molar-refractivity contribution in [2.24, 2.45) is 23.3 Å². The molecule has 0 aliphatic rings. The molecule has 0 aromatic heterocycles. The molecule has 0 bridgehead atoms. The topological polar surface area (TPSA) is 61.3 Å². The highest BCUT2D eigenvalue weighted by Gasteiger charge is 2.14. The van der Waals surface area contributed by atoms with Gasteiger partial charge in [0.2, 0.25) is 0 Å². The van der Waals surface area contributed by atoms with Crippen LogP contribution in [-0.2, 0) is 6.42 Å². The van der Waals surface area contributed by atoms with Crippen LogP contribution in [0.25, 0.3) is 0 Å². The van der Waals surface area contributed by atoms with Gasteiger partial charge in [0.25, 0.3) is 0 Å². The smallest absolute Gasteiger partial charge is 0.119 e. The molecule has 1 aromatic carbocycles. The average Bonchev–Trinajstić information content (AvgIpc) is 2.39. The molecule has 1 rings (SSSR count). The summed E-state index contributed by atoms with van der Waals surface area (Å²) in [5.74, 6) is 1.87. The fourth-order valence-electron chi connectivity index (χ4n) is 2.04. The highest BCUT2D eigenvalue weighted by atomic mass is 16.5. The predicted molar refractivity (Wildman–Crippen MR) is 76.7 cm³/mol. The van der Waals surface area contributed by atoms with E-state index in [1.54, 1.807) is 0 Å². The van der Waals surface area contributed by atoms with E-state index in [-0.39, 0.29) is 0 Å². The Labute approximate surface area is 111 Å². The zero-order chi connectivity index (χ0) is 13.4. The fourth-order valence-corrected chi connectivity index (χ4v) is 2.04. The summed E-state index contributed by atoms with van der Waals surface area (Å²) in [7, 11) is 0. The zero-order valence-electron chi connectivity index (χ0n) is 11.6. The van der Waals surface area contributed by atoms with Crippen molar-refractivity contribution in [3.63, 3.8) is 0 Å². The van der Waals surface area contributed by atoms with E-state index in [9.17, 15) is 0 Å². The van der Waals surface area contributed by atoms with E-state index in [1.165, 1.54) is 5.56 Å². The maximum absolute atomic E-state index is 5.72. The van der Waals surface area contributed by atoms with Crippen LogP contribution in [0.3, 0.4) is 0 Å². The molecule has 1 atom stereocenters. The van der Waals surface area contributed by atoms with E-state index >= 15 is 0 Å². The van der Waals surface area contributed by atoms with E-state index in [0.717, 1.165) is 25.2 Å². The number of benzene rings is 1. The molecule has 18 heavy (non-hydrogen) atoms. The van der Waals surface area contributed by atoms with Crippen molar-refractivity contribution in [2.75, 3.05) is 19.7 Å². The van der Waals surface area contributed by atoms with Gasteiger partial charge in [-0.05, 0) is 55.5 Å². The number of rotatable bonds is 8. The molecular formula is C15H26N2O.